The van der Waals surface area contributed by atoms with Gasteiger partial charge in [-0.3, -0.25) is 4.79 Å². The van der Waals surface area contributed by atoms with Crippen LogP contribution in [0.2, 0.25) is 0 Å². The third-order valence-electron chi connectivity index (χ3n) is 4.23. The summed E-state index contributed by atoms with van der Waals surface area (Å²) in [5.74, 6) is 0.149. The molecule has 2 heterocycles. The van der Waals surface area contributed by atoms with Gasteiger partial charge in [0.1, 0.15) is 0 Å². The molecule has 1 amide bonds. The molecule has 0 aliphatic carbocycles. The van der Waals surface area contributed by atoms with Crippen LogP contribution in [0.3, 0.4) is 0 Å². The van der Waals surface area contributed by atoms with E-state index in [2.05, 4.69) is 15.9 Å². The van der Waals surface area contributed by atoms with E-state index in [-0.39, 0.29) is 11.9 Å². The highest BCUT2D eigenvalue weighted by atomic mass is 79.9. The van der Waals surface area contributed by atoms with Crippen LogP contribution >= 0.6 is 15.9 Å². The Morgan fingerprint density at radius 3 is 2.81 bits per heavy atom. The van der Waals surface area contributed by atoms with Crippen molar-refractivity contribution in [2.24, 2.45) is 0 Å². The number of nitrogens with zero attached hydrogens (tertiary/aromatic N) is 2. The standard InChI is InChI=1S/C14H17BrN2O3S/c1-10-2-3-11(15)8-13(10)21(19,20)16-6-7-17-12(9-16)4-5-14(17)18/h2-3,8,12H,4-7,9H2,1H3. The van der Waals surface area contributed by atoms with Crippen molar-refractivity contribution in [3.8, 4) is 0 Å². The topological polar surface area (TPSA) is 57.7 Å². The molecule has 0 bridgehead atoms. The number of carbonyl (C=O) groups excluding carboxylic acids is 1. The van der Waals surface area contributed by atoms with Crippen molar-refractivity contribution in [2.75, 3.05) is 19.6 Å². The summed E-state index contributed by atoms with van der Waals surface area (Å²) in [6.45, 7) is 3.07. The molecule has 2 fully saturated rings. The van der Waals surface area contributed by atoms with E-state index >= 15 is 0 Å². The number of piperazine rings is 1. The Morgan fingerprint density at radius 2 is 2.05 bits per heavy atom. The molecule has 1 aromatic carbocycles. The fourth-order valence-corrected chi connectivity index (χ4v) is 5.28. The van der Waals surface area contributed by atoms with Crippen LogP contribution in [-0.4, -0.2) is 49.2 Å². The molecule has 0 saturated carbocycles. The van der Waals surface area contributed by atoms with Gasteiger partial charge >= 0.3 is 0 Å². The van der Waals surface area contributed by atoms with Crippen LogP contribution in [0.5, 0.6) is 0 Å². The largest absolute Gasteiger partial charge is 0.337 e. The van der Waals surface area contributed by atoms with Crippen LogP contribution in [0.1, 0.15) is 18.4 Å². The van der Waals surface area contributed by atoms with Crippen LogP contribution in [0, 0.1) is 6.92 Å². The first-order chi connectivity index (χ1) is 9.89. The SMILES string of the molecule is Cc1ccc(Br)cc1S(=O)(=O)N1CCN2C(=O)CCC2C1. The third-order valence-corrected chi connectivity index (χ3v) is 6.73. The average Bonchev–Trinajstić information content (AvgIpc) is 2.82. The van der Waals surface area contributed by atoms with Crippen molar-refractivity contribution in [3.05, 3.63) is 28.2 Å². The van der Waals surface area contributed by atoms with Gasteiger partial charge in [-0.05, 0) is 31.0 Å². The Kier molecular flexibility index (Phi) is 3.83. The van der Waals surface area contributed by atoms with E-state index in [9.17, 15) is 13.2 Å². The van der Waals surface area contributed by atoms with Crippen molar-refractivity contribution < 1.29 is 13.2 Å². The minimum atomic E-state index is -3.51. The molecule has 0 radical (unpaired) electrons. The molecule has 1 aromatic rings. The van der Waals surface area contributed by atoms with Gasteiger partial charge in [0, 0.05) is 36.6 Å². The lowest BCUT2D eigenvalue weighted by atomic mass is 10.2. The van der Waals surface area contributed by atoms with Gasteiger partial charge in [-0.25, -0.2) is 8.42 Å². The van der Waals surface area contributed by atoms with Gasteiger partial charge in [0.25, 0.3) is 0 Å². The summed E-state index contributed by atoms with van der Waals surface area (Å²) >= 11 is 3.33. The zero-order valence-electron chi connectivity index (χ0n) is 11.8. The molecule has 1 atom stereocenters. The molecule has 114 valence electrons. The summed E-state index contributed by atoms with van der Waals surface area (Å²) in [4.78, 5) is 13.8. The molecular weight excluding hydrogens is 356 g/mol. The monoisotopic (exact) mass is 372 g/mol. The number of benzene rings is 1. The van der Waals surface area contributed by atoms with Crippen molar-refractivity contribution in [2.45, 2.75) is 30.7 Å². The first kappa shape index (κ1) is 15.0. The quantitative estimate of drug-likeness (QED) is 0.794. The second kappa shape index (κ2) is 5.37. The number of halogens is 1. The molecule has 5 nitrogen and oxygen atoms in total. The Morgan fingerprint density at radius 1 is 1.29 bits per heavy atom. The lowest BCUT2D eigenvalue weighted by molar-refractivity contribution is -0.130. The molecule has 0 spiro atoms. The maximum atomic E-state index is 12.8. The molecule has 3 rings (SSSR count). The second-order valence-electron chi connectivity index (χ2n) is 5.55. The molecule has 1 unspecified atom stereocenters. The summed E-state index contributed by atoms with van der Waals surface area (Å²) < 4.78 is 27.9. The highest BCUT2D eigenvalue weighted by Gasteiger charge is 2.39. The van der Waals surface area contributed by atoms with Crippen LogP contribution in [0.4, 0.5) is 0 Å². The third kappa shape index (κ3) is 2.62. The molecule has 2 aliphatic rings. The van der Waals surface area contributed by atoms with Gasteiger partial charge in [0.2, 0.25) is 15.9 Å². The first-order valence-electron chi connectivity index (χ1n) is 6.95. The van der Waals surface area contributed by atoms with Crippen LogP contribution < -0.4 is 0 Å². The first-order valence-corrected chi connectivity index (χ1v) is 9.18. The smallest absolute Gasteiger partial charge is 0.243 e. The van der Waals surface area contributed by atoms with Crippen LogP contribution in [0.15, 0.2) is 27.6 Å². The summed E-state index contributed by atoms with van der Waals surface area (Å²) in [7, 11) is -3.51. The highest BCUT2D eigenvalue weighted by Crippen LogP contribution is 2.29. The van der Waals surface area contributed by atoms with Crippen molar-refractivity contribution in [1.82, 2.24) is 9.21 Å². The number of hydrogen-bond acceptors (Lipinski definition) is 3. The summed E-state index contributed by atoms with van der Waals surface area (Å²) in [5, 5.41) is 0. The van der Waals surface area contributed by atoms with E-state index in [1.54, 1.807) is 19.1 Å². The van der Waals surface area contributed by atoms with Gasteiger partial charge < -0.3 is 4.90 Å². The lowest BCUT2D eigenvalue weighted by Gasteiger charge is -2.36. The van der Waals surface area contributed by atoms with E-state index in [0.717, 1.165) is 16.5 Å². The van der Waals surface area contributed by atoms with E-state index in [4.69, 9.17) is 0 Å². The van der Waals surface area contributed by atoms with E-state index in [1.165, 1.54) is 4.31 Å². The van der Waals surface area contributed by atoms with Gasteiger partial charge in [-0.1, -0.05) is 22.0 Å². The Labute approximate surface area is 133 Å². The Balaban J connectivity index is 1.89. The summed E-state index contributed by atoms with van der Waals surface area (Å²) in [6, 6.07) is 5.32. The molecule has 2 saturated heterocycles. The van der Waals surface area contributed by atoms with Gasteiger partial charge in [0.15, 0.2) is 0 Å². The van der Waals surface area contributed by atoms with Crippen LogP contribution in [-0.2, 0) is 14.8 Å². The lowest BCUT2D eigenvalue weighted by Crippen LogP contribution is -2.53. The fraction of sp³-hybridized carbons (Fsp3) is 0.500. The minimum absolute atomic E-state index is 0.0356. The normalized spacial score (nSPS) is 23.4. The molecule has 21 heavy (non-hydrogen) atoms. The van der Waals surface area contributed by atoms with E-state index < -0.39 is 10.0 Å². The molecule has 0 aromatic heterocycles. The number of hydrogen-bond donors (Lipinski definition) is 0. The Hall–Kier alpha value is -0.920. The highest BCUT2D eigenvalue weighted by molar-refractivity contribution is 9.10. The van der Waals surface area contributed by atoms with Crippen molar-refractivity contribution in [1.29, 1.82) is 0 Å². The number of carbonyl (C=O) groups is 1. The van der Waals surface area contributed by atoms with Crippen LogP contribution in [0.25, 0.3) is 0 Å². The predicted molar refractivity (Wildman–Crippen MR) is 82.4 cm³/mol. The second-order valence-corrected chi connectivity index (χ2v) is 8.37. The molecule has 0 N–H and O–H groups in total. The molecular formula is C14H17BrN2O3S. The van der Waals surface area contributed by atoms with Gasteiger partial charge in [-0.15, -0.1) is 0 Å². The molecule has 2 aliphatic heterocycles. The maximum Gasteiger partial charge on any atom is 0.243 e. The molecule has 7 heteroatoms. The van der Waals surface area contributed by atoms with Crippen molar-refractivity contribution in [3.63, 3.8) is 0 Å². The number of rotatable bonds is 2. The van der Waals surface area contributed by atoms with Gasteiger partial charge in [-0.2, -0.15) is 4.31 Å². The average molecular weight is 373 g/mol. The minimum Gasteiger partial charge on any atom is -0.337 e. The van der Waals surface area contributed by atoms with Crippen molar-refractivity contribution >= 4 is 31.9 Å². The number of sulfonamides is 1. The number of fused-ring (bicyclic) bond motifs is 1. The van der Waals surface area contributed by atoms with Gasteiger partial charge in [0.05, 0.1) is 4.90 Å². The maximum absolute atomic E-state index is 12.8. The fourth-order valence-electron chi connectivity index (χ4n) is 3.05. The number of aryl methyl sites for hydroxylation is 1. The number of amides is 1. The zero-order chi connectivity index (χ0) is 15.2. The van der Waals surface area contributed by atoms with E-state index in [0.29, 0.717) is 31.0 Å². The predicted octanol–water partition coefficient (Wildman–Crippen LogP) is 1.75. The Bertz CT molecular complexity index is 689. The summed E-state index contributed by atoms with van der Waals surface area (Å²) in [5.41, 5.74) is 0.739. The zero-order valence-corrected chi connectivity index (χ0v) is 14.2. The summed E-state index contributed by atoms with van der Waals surface area (Å²) in [6.07, 6.45) is 1.29. The van der Waals surface area contributed by atoms with E-state index in [1.807, 2.05) is 11.0 Å².